The molecule has 2 saturated carbocycles. The summed E-state index contributed by atoms with van der Waals surface area (Å²) in [4.78, 5) is 63.4. The van der Waals surface area contributed by atoms with E-state index in [-0.39, 0.29) is 25.0 Å². The van der Waals surface area contributed by atoms with Crippen LogP contribution in [0, 0.1) is 11.3 Å². The number of methoxy groups -OCH3 is 1. The molecule has 4 fully saturated rings. The van der Waals surface area contributed by atoms with E-state index in [0.717, 1.165) is 43.1 Å². The van der Waals surface area contributed by atoms with E-state index in [2.05, 4.69) is 34.1 Å². The van der Waals surface area contributed by atoms with Gasteiger partial charge in [-0.05, 0) is 25.7 Å². The third kappa shape index (κ3) is 9.67. The van der Waals surface area contributed by atoms with Crippen LogP contribution in [0.1, 0.15) is 91.0 Å². The Labute approximate surface area is 368 Å². The van der Waals surface area contributed by atoms with Gasteiger partial charge in [0.25, 0.3) is 0 Å². The van der Waals surface area contributed by atoms with Gasteiger partial charge in [-0.1, -0.05) is 6.07 Å². The fraction of sp³-hybridized carbons (Fsp3) is 0.614. The summed E-state index contributed by atoms with van der Waals surface area (Å²) >= 11 is -1.08. The van der Waals surface area contributed by atoms with Gasteiger partial charge in [-0.15, -0.1) is 0 Å². The second-order valence-electron chi connectivity index (χ2n) is 18.1. The van der Waals surface area contributed by atoms with Crippen molar-refractivity contribution in [3.8, 4) is 11.6 Å². The summed E-state index contributed by atoms with van der Waals surface area (Å²) < 4.78 is 50.2. The fourth-order valence-electron chi connectivity index (χ4n) is 8.49. The molecule has 4 amide bonds. The summed E-state index contributed by atoms with van der Waals surface area (Å²) in [7, 11) is -2.36. The first-order chi connectivity index (χ1) is 29.0. The van der Waals surface area contributed by atoms with Gasteiger partial charge in [0.15, 0.2) is 0 Å². The average Bonchev–Trinajstić information content (AvgIpc) is 4.03. The molecule has 2 saturated heterocycles. The van der Waals surface area contributed by atoms with Gasteiger partial charge in [0.2, 0.25) is 0 Å². The molecule has 0 radical (unpaired) electrons. The standard InChI is InChI=1S/C44H59IN5O10S/c1-7-34-44(45-34,40(53)49-61(55,56)43(5)21-22-43)48-37(51)32-25-28-26-50(32)39(52)36(42(2,3)4)47-41(54)60-33-20-13-16-27(33)15-9-8-10-18-30-35(58-24-14-23-57-6)29-17-11-12-19-31(29)46-38(30)59-28/h7-8,10-12,17,19,27-28,32-34,36H,1,9,13-16,18,20-26H2,2-6H3,(H,47,54)(H,48,51)(H,49,53)/q-1/b10-8+/t27-,28-,32+,33-,34+,36-,44-/m1/s1. The molecule has 2 aromatic rings. The number of fused-ring (bicyclic) bond motifs is 5. The number of benzene rings is 1. The molecule has 4 heterocycles. The second kappa shape index (κ2) is 18.0. The summed E-state index contributed by atoms with van der Waals surface area (Å²) in [5.41, 5.74) is 0.551. The molecule has 3 aliphatic heterocycles. The Morgan fingerprint density at radius 3 is 2.59 bits per heavy atom. The van der Waals surface area contributed by atoms with Crippen LogP contribution >= 0.6 is 0 Å². The van der Waals surface area contributed by atoms with Crippen LogP contribution in [0.2, 0.25) is 0 Å². The monoisotopic (exact) mass is 976 g/mol. The summed E-state index contributed by atoms with van der Waals surface area (Å²) in [6, 6.07) is 5.38. The second-order valence-corrected chi connectivity index (χ2v) is 23.9. The number of rotatable bonds is 11. The zero-order valence-electron chi connectivity index (χ0n) is 35.7. The minimum absolute atomic E-state index is 0.0155. The number of sulfonamides is 1. The Hall–Kier alpha value is -3.97. The number of nitrogens with zero attached hydrogens (tertiary/aromatic N) is 2. The van der Waals surface area contributed by atoms with E-state index in [4.69, 9.17) is 23.9 Å². The Morgan fingerprint density at radius 1 is 1.11 bits per heavy atom. The Morgan fingerprint density at radius 2 is 1.89 bits per heavy atom. The number of hydrogen-bond acceptors (Lipinski definition) is 11. The van der Waals surface area contributed by atoms with Gasteiger partial charge in [-0.25, -0.2) is 0 Å². The Balaban J connectivity index is 1.26. The number of alkyl carbamates (subject to hydrolysis) is 1. The molecule has 2 aliphatic carbocycles. The van der Waals surface area contributed by atoms with Crippen molar-refractivity contribution in [1.82, 2.24) is 25.2 Å². The number of allylic oxidation sites excluding steroid dienone is 2. The first kappa shape index (κ1) is 45.1. The summed E-state index contributed by atoms with van der Waals surface area (Å²) in [6.07, 6.45) is 10.1. The van der Waals surface area contributed by atoms with Crippen molar-refractivity contribution in [2.45, 2.75) is 128 Å². The number of para-hydroxylation sites is 1. The van der Waals surface area contributed by atoms with Crippen LogP contribution in [0.3, 0.4) is 0 Å². The number of ether oxygens (including phenoxy) is 4. The van der Waals surface area contributed by atoms with E-state index in [0.29, 0.717) is 56.0 Å². The van der Waals surface area contributed by atoms with E-state index in [1.807, 2.05) is 45.0 Å². The molecular weight excluding hydrogens is 917 g/mol. The van der Waals surface area contributed by atoms with E-state index in [1.165, 1.54) is 4.90 Å². The summed E-state index contributed by atoms with van der Waals surface area (Å²) in [6.45, 7) is 11.8. The van der Waals surface area contributed by atoms with Gasteiger partial charge in [0.1, 0.15) is 0 Å². The molecule has 15 nitrogen and oxygen atoms in total. The van der Waals surface area contributed by atoms with Crippen molar-refractivity contribution in [3.63, 3.8) is 0 Å². The van der Waals surface area contributed by atoms with Crippen LogP contribution in [0.4, 0.5) is 4.79 Å². The molecule has 3 N–H and O–H groups in total. The number of amides is 4. The normalized spacial score (nSPS) is 29.5. The average molecular weight is 977 g/mol. The van der Waals surface area contributed by atoms with Crippen molar-refractivity contribution in [3.05, 3.63) is 54.6 Å². The first-order valence-electron chi connectivity index (χ1n) is 21.3. The van der Waals surface area contributed by atoms with Gasteiger partial charge >= 0.3 is 314 Å². The third-order valence-corrected chi connectivity index (χ3v) is 18.5. The summed E-state index contributed by atoms with van der Waals surface area (Å²) in [5.74, 6) is -0.866. The SMILES string of the molecule is C=C[C@@H]1[I-][C@]1(NC(=O)[C@@H]1C[C@@H]2CN1C(=O)[C@H](C(C)(C)C)NC(=O)O[C@@H]1CCC[C@H]1CC/C=C/Cc1c(nc3ccccc3c1OCCCOC)O2)C(=O)NS(=O)(=O)C1(C)CC1. The first-order valence-corrected chi connectivity index (χ1v) is 25.1. The fourth-order valence-corrected chi connectivity index (χ4v) is 12.6. The number of alkyl halides is 2. The molecule has 17 heteroatoms. The van der Waals surface area contributed by atoms with Crippen molar-refractivity contribution < 1.29 is 67.7 Å². The van der Waals surface area contributed by atoms with Gasteiger partial charge < -0.3 is 4.74 Å². The molecular formula is C44H59IN5O10S-. The van der Waals surface area contributed by atoms with Crippen molar-refractivity contribution >= 4 is 44.7 Å². The maximum absolute atomic E-state index is 14.9. The number of pyridine rings is 1. The van der Waals surface area contributed by atoms with E-state index in [1.54, 1.807) is 20.1 Å². The molecule has 1 aromatic carbocycles. The predicted octanol–water partition coefficient (Wildman–Crippen LogP) is 1.67. The molecule has 61 heavy (non-hydrogen) atoms. The molecule has 7 atom stereocenters. The van der Waals surface area contributed by atoms with Crippen LogP contribution in [-0.4, -0.2) is 105 Å². The number of aromatic nitrogens is 1. The molecule has 0 unspecified atom stereocenters. The molecule has 1 aromatic heterocycles. The van der Waals surface area contributed by atoms with Crippen LogP contribution in [0.5, 0.6) is 11.6 Å². The minimum atomic E-state index is -4.00. The quantitative estimate of drug-likeness (QED) is 0.0977. The van der Waals surface area contributed by atoms with E-state index in [9.17, 15) is 27.6 Å². The van der Waals surface area contributed by atoms with Crippen LogP contribution in [0.25, 0.3) is 10.9 Å². The third-order valence-electron chi connectivity index (χ3n) is 12.5. The van der Waals surface area contributed by atoms with Crippen LogP contribution in [0.15, 0.2) is 49.1 Å². The summed E-state index contributed by atoms with van der Waals surface area (Å²) in [5, 5.41) is 6.59. The molecule has 5 aliphatic rings. The van der Waals surface area contributed by atoms with Gasteiger partial charge in [0, 0.05) is 20.1 Å². The Bertz CT molecular complexity index is 2170. The molecule has 7 rings (SSSR count). The van der Waals surface area contributed by atoms with E-state index < -0.39 is 90.9 Å². The topological polar surface area (TPSA) is 192 Å². The predicted molar refractivity (Wildman–Crippen MR) is 224 cm³/mol. The number of hydrogen-bond donors (Lipinski definition) is 3. The zero-order valence-corrected chi connectivity index (χ0v) is 38.6. The van der Waals surface area contributed by atoms with Crippen LogP contribution in [-0.2, 0) is 40.3 Å². The maximum atomic E-state index is 14.9. The number of halogens is 1. The van der Waals surface area contributed by atoms with Crippen molar-refractivity contribution in [2.75, 3.05) is 26.9 Å². The number of nitrogens with one attached hydrogen (secondary N) is 3. The van der Waals surface area contributed by atoms with Gasteiger partial charge in [0.05, 0.1) is 0 Å². The Kier molecular flexibility index (Phi) is 13.3. The molecule has 2 bridgehead atoms. The number of carbonyl (C=O) groups excluding carboxylic acids is 4. The van der Waals surface area contributed by atoms with Crippen molar-refractivity contribution in [2.24, 2.45) is 11.3 Å². The van der Waals surface area contributed by atoms with E-state index >= 15 is 0 Å². The zero-order chi connectivity index (χ0) is 43.7. The number of carbonyl (C=O) groups is 4. The van der Waals surface area contributed by atoms with Crippen LogP contribution < -0.4 is 46.0 Å². The van der Waals surface area contributed by atoms with Gasteiger partial charge in [-0.3, -0.25) is 0 Å². The van der Waals surface area contributed by atoms with Crippen molar-refractivity contribution in [1.29, 1.82) is 0 Å². The van der Waals surface area contributed by atoms with Gasteiger partial charge in [-0.2, -0.15) is 0 Å². The molecule has 0 spiro atoms. The molecule has 334 valence electrons.